The molecule has 2 rings (SSSR count). The summed E-state index contributed by atoms with van der Waals surface area (Å²) < 4.78 is 5.73. The molecule has 2 heterocycles. The highest BCUT2D eigenvalue weighted by molar-refractivity contribution is 5.77. The van der Waals surface area contributed by atoms with E-state index >= 15 is 0 Å². The highest BCUT2D eigenvalue weighted by atomic mass is 16.5. The molecular formula is C16H25N3O2. The molecule has 1 saturated heterocycles. The zero-order chi connectivity index (χ0) is 15.3. The topological polar surface area (TPSA) is 63.2 Å². The van der Waals surface area contributed by atoms with Crippen molar-refractivity contribution in [1.29, 1.82) is 0 Å². The van der Waals surface area contributed by atoms with Gasteiger partial charge in [0.25, 0.3) is 0 Å². The van der Waals surface area contributed by atoms with Crippen LogP contribution in [0, 0.1) is 6.92 Å². The number of pyridine rings is 1. The van der Waals surface area contributed by atoms with Crippen molar-refractivity contribution < 1.29 is 9.53 Å². The molecule has 0 saturated carbocycles. The van der Waals surface area contributed by atoms with Gasteiger partial charge < -0.3 is 15.4 Å². The first kappa shape index (κ1) is 15.8. The molecule has 0 aliphatic carbocycles. The average Bonchev–Trinajstić information content (AvgIpc) is 2.90. The molecule has 1 aliphatic heterocycles. The molecule has 1 fully saturated rings. The van der Waals surface area contributed by atoms with Gasteiger partial charge in [-0.15, -0.1) is 0 Å². The second-order valence-corrected chi connectivity index (χ2v) is 6.34. The van der Waals surface area contributed by atoms with E-state index in [1.165, 1.54) is 0 Å². The number of nitrogens with one attached hydrogen (secondary N) is 2. The smallest absolute Gasteiger partial charge is 0.222 e. The number of aryl methyl sites for hydroxylation is 1. The largest absolute Gasteiger partial charge is 0.475 e. The average molecular weight is 291 g/mol. The van der Waals surface area contributed by atoms with E-state index in [1.807, 2.05) is 32.9 Å². The van der Waals surface area contributed by atoms with Gasteiger partial charge >= 0.3 is 0 Å². The van der Waals surface area contributed by atoms with E-state index in [0.717, 1.165) is 24.9 Å². The molecule has 1 atom stereocenters. The summed E-state index contributed by atoms with van der Waals surface area (Å²) in [5.74, 6) is 0.693. The van der Waals surface area contributed by atoms with Gasteiger partial charge in [0.2, 0.25) is 11.8 Å². The maximum atomic E-state index is 12.1. The van der Waals surface area contributed by atoms with Crippen LogP contribution in [0.3, 0.4) is 0 Å². The Balaban J connectivity index is 1.80. The first-order valence-corrected chi connectivity index (χ1v) is 7.55. The molecule has 0 spiro atoms. The van der Waals surface area contributed by atoms with Crippen molar-refractivity contribution in [3.8, 4) is 5.88 Å². The normalized spacial score (nSPS) is 18.5. The molecule has 1 aromatic rings. The van der Waals surface area contributed by atoms with Crippen LogP contribution in [0.2, 0.25) is 0 Å². The molecule has 21 heavy (non-hydrogen) atoms. The summed E-state index contributed by atoms with van der Waals surface area (Å²) in [5, 5.41) is 6.38. The first-order valence-electron chi connectivity index (χ1n) is 7.55. The Labute approximate surface area is 126 Å². The van der Waals surface area contributed by atoms with E-state index in [9.17, 15) is 4.79 Å². The molecule has 0 aromatic carbocycles. The summed E-state index contributed by atoms with van der Waals surface area (Å²) in [4.78, 5) is 16.3. The van der Waals surface area contributed by atoms with Crippen molar-refractivity contribution in [2.75, 3.05) is 13.2 Å². The van der Waals surface area contributed by atoms with Crippen LogP contribution in [0.15, 0.2) is 18.3 Å². The van der Waals surface area contributed by atoms with Crippen LogP contribution in [0.1, 0.15) is 38.7 Å². The zero-order valence-electron chi connectivity index (χ0n) is 13.1. The molecule has 5 nitrogen and oxygen atoms in total. The van der Waals surface area contributed by atoms with Gasteiger partial charge in [-0.25, -0.2) is 4.98 Å². The van der Waals surface area contributed by atoms with Gasteiger partial charge in [-0.1, -0.05) is 6.07 Å². The maximum Gasteiger partial charge on any atom is 0.222 e. The fraction of sp³-hybridized carbons (Fsp3) is 0.625. The lowest BCUT2D eigenvalue weighted by molar-refractivity contribution is -0.123. The van der Waals surface area contributed by atoms with Crippen LogP contribution in [0.25, 0.3) is 0 Å². The van der Waals surface area contributed by atoms with Crippen LogP contribution in [-0.2, 0) is 4.79 Å². The Hall–Kier alpha value is -1.62. The summed E-state index contributed by atoms with van der Waals surface area (Å²) >= 11 is 0. The van der Waals surface area contributed by atoms with E-state index in [2.05, 4.69) is 15.6 Å². The number of hydrogen-bond acceptors (Lipinski definition) is 4. The summed E-state index contributed by atoms with van der Waals surface area (Å²) in [5.41, 5.74) is 0.578. The van der Waals surface area contributed by atoms with Crippen molar-refractivity contribution >= 4 is 5.91 Å². The van der Waals surface area contributed by atoms with Crippen molar-refractivity contribution in [1.82, 2.24) is 15.6 Å². The molecule has 2 N–H and O–H groups in total. The van der Waals surface area contributed by atoms with Gasteiger partial charge in [0, 0.05) is 24.2 Å². The van der Waals surface area contributed by atoms with E-state index < -0.39 is 5.54 Å². The highest BCUT2D eigenvalue weighted by Gasteiger charge is 2.24. The Morgan fingerprint density at radius 1 is 1.57 bits per heavy atom. The third kappa shape index (κ3) is 5.01. The van der Waals surface area contributed by atoms with Crippen LogP contribution >= 0.6 is 0 Å². The number of ether oxygens (including phenoxy) is 1. The summed E-state index contributed by atoms with van der Waals surface area (Å²) in [6, 6.07) is 4.16. The molecule has 1 aromatic heterocycles. The van der Waals surface area contributed by atoms with Crippen LogP contribution in [-0.4, -0.2) is 35.6 Å². The molecule has 0 bridgehead atoms. The monoisotopic (exact) mass is 291 g/mol. The van der Waals surface area contributed by atoms with E-state index in [4.69, 9.17) is 4.74 Å². The number of carbonyl (C=O) groups excluding carboxylic acids is 1. The highest BCUT2D eigenvalue weighted by Crippen LogP contribution is 2.15. The Morgan fingerprint density at radius 3 is 3.05 bits per heavy atom. The minimum absolute atomic E-state index is 0.0701. The Morgan fingerprint density at radius 2 is 2.38 bits per heavy atom. The lowest BCUT2D eigenvalue weighted by Crippen LogP contribution is -2.49. The lowest BCUT2D eigenvalue weighted by Gasteiger charge is -2.27. The van der Waals surface area contributed by atoms with Gasteiger partial charge in [0.1, 0.15) is 6.61 Å². The van der Waals surface area contributed by atoms with E-state index in [1.54, 1.807) is 6.20 Å². The molecule has 116 valence electrons. The standard InChI is InChI=1S/C16H25N3O2/c1-12-6-4-9-18-15(12)21-11-16(2,3)19-14(20)10-13-7-5-8-17-13/h4,6,9,13,17H,5,7-8,10-11H2,1-3H3,(H,19,20)/t13-/m1/s1. The third-order valence-electron chi connectivity index (χ3n) is 3.60. The quantitative estimate of drug-likeness (QED) is 0.839. The molecular weight excluding hydrogens is 266 g/mol. The minimum Gasteiger partial charge on any atom is -0.475 e. The van der Waals surface area contributed by atoms with Crippen LogP contribution in [0.5, 0.6) is 5.88 Å². The van der Waals surface area contributed by atoms with Gasteiger partial charge in [-0.3, -0.25) is 4.79 Å². The molecule has 1 amide bonds. The van der Waals surface area contributed by atoms with Crippen molar-refractivity contribution in [2.24, 2.45) is 0 Å². The number of nitrogens with zero attached hydrogens (tertiary/aromatic N) is 1. The SMILES string of the molecule is Cc1cccnc1OCC(C)(C)NC(=O)C[C@H]1CCCN1. The number of carbonyl (C=O) groups is 1. The second-order valence-electron chi connectivity index (χ2n) is 6.34. The second kappa shape index (κ2) is 6.89. The zero-order valence-corrected chi connectivity index (χ0v) is 13.1. The van der Waals surface area contributed by atoms with E-state index in [-0.39, 0.29) is 5.91 Å². The minimum atomic E-state index is -0.417. The van der Waals surface area contributed by atoms with Crippen molar-refractivity contribution in [2.45, 2.75) is 51.6 Å². The number of amides is 1. The Bertz CT molecular complexity index is 482. The maximum absolute atomic E-state index is 12.1. The van der Waals surface area contributed by atoms with Crippen molar-refractivity contribution in [3.63, 3.8) is 0 Å². The fourth-order valence-electron chi connectivity index (χ4n) is 2.49. The fourth-order valence-corrected chi connectivity index (χ4v) is 2.49. The summed E-state index contributed by atoms with van der Waals surface area (Å²) in [6.45, 7) is 7.30. The predicted molar refractivity (Wildman–Crippen MR) is 82.3 cm³/mol. The Kier molecular flexibility index (Phi) is 5.17. The predicted octanol–water partition coefficient (Wildman–Crippen LogP) is 1.81. The van der Waals surface area contributed by atoms with E-state index in [0.29, 0.717) is 24.9 Å². The first-order chi connectivity index (χ1) is 9.96. The van der Waals surface area contributed by atoms with Crippen LogP contribution in [0.4, 0.5) is 0 Å². The molecule has 0 unspecified atom stereocenters. The lowest BCUT2D eigenvalue weighted by atomic mass is 10.1. The molecule has 0 radical (unpaired) electrons. The number of rotatable bonds is 6. The molecule has 1 aliphatic rings. The van der Waals surface area contributed by atoms with Gasteiger partial charge in [0.05, 0.1) is 5.54 Å². The summed E-state index contributed by atoms with van der Waals surface area (Å²) in [6.07, 6.45) is 4.48. The number of aromatic nitrogens is 1. The van der Waals surface area contributed by atoms with Crippen LogP contribution < -0.4 is 15.4 Å². The van der Waals surface area contributed by atoms with Gasteiger partial charge in [-0.2, -0.15) is 0 Å². The van der Waals surface area contributed by atoms with Crippen molar-refractivity contribution in [3.05, 3.63) is 23.9 Å². The number of hydrogen-bond donors (Lipinski definition) is 2. The summed E-state index contributed by atoms with van der Waals surface area (Å²) in [7, 11) is 0. The van der Waals surface area contributed by atoms with Gasteiger partial charge in [-0.05, 0) is 46.2 Å². The van der Waals surface area contributed by atoms with Gasteiger partial charge in [0.15, 0.2) is 0 Å². The third-order valence-corrected chi connectivity index (χ3v) is 3.60. The molecule has 5 heteroatoms.